The topological polar surface area (TPSA) is 95.7 Å². The number of benzene rings is 1. The lowest BCUT2D eigenvalue weighted by molar-refractivity contribution is 0.0119. The Morgan fingerprint density at radius 3 is 2.45 bits per heavy atom. The van der Waals surface area contributed by atoms with Crippen LogP contribution in [0.4, 0.5) is 0 Å². The van der Waals surface area contributed by atoms with Crippen molar-refractivity contribution in [2.45, 2.75) is 31.8 Å². The summed E-state index contributed by atoms with van der Waals surface area (Å²) in [6.07, 6.45) is -0.426. The normalized spacial score (nSPS) is 13.1. The van der Waals surface area contributed by atoms with Crippen molar-refractivity contribution in [3.05, 3.63) is 28.8 Å². The second-order valence-corrected chi connectivity index (χ2v) is 6.19. The van der Waals surface area contributed by atoms with Gasteiger partial charge in [-0.15, -0.1) is 0 Å². The maximum atomic E-state index is 12.1. The van der Waals surface area contributed by atoms with Crippen molar-refractivity contribution in [2.24, 2.45) is 5.14 Å². The average Bonchev–Trinajstić information content (AvgIpc) is 2.31. The van der Waals surface area contributed by atoms with Crippen LogP contribution in [0.15, 0.2) is 17.0 Å². The fourth-order valence-corrected chi connectivity index (χ4v) is 2.34. The van der Waals surface area contributed by atoms with Gasteiger partial charge in [-0.2, -0.15) is 0 Å². The Balaban J connectivity index is 3.17. The van der Waals surface area contributed by atoms with Crippen molar-refractivity contribution in [3.8, 4) is 0 Å². The fraction of sp³-hybridized carbons (Fsp3) is 0.462. The predicted molar refractivity (Wildman–Crippen MR) is 74.0 cm³/mol. The van der Waals surface area contributed by atoms with Crippen molar-refractivity contribution in [3.63, 3.8) is 0 Å². The molecular formula is C13H19NO5S. The van der Waals surface area contributed by atoms with Gasteiger partial charge >= 0.3 is 5.97 Å². The smallest absolute Gasteiger partial charge is 0.338 e. The second-order valence-electron chi connectivity index (χ2n) is 4.63. The summed E-state index contributed by atoms with van der Waals surface area (Å²) in [6.45, 7) is 5.38. The van der Waals surface area contributed by atoms with Crippen molar-refractivity contribution in [2.75, 3.05) is 13.7 Å². The lowest BCUT2D eigenvalue weighted by Gasteiger charge is -2.15. The summed E-state index contributed by atoms with van der Waals surface area (Å²) < 4.78 is 32.9. The van der Waals surface area contributed by atoms with Crippen molar-refractivity contribution < 1.29 is 22.7 Å². The summed E-state index contributed by atoms with van der Waals surface area (Å²) in [6, 6.07) is 2.67. The van der Waals surface area contributed by atoms with E-state index in [2.05, 4.69) is 0 Å². The summed E-state index contributed by atoms with van der Waals surface area (Å²) in [5, 5.41) is 5.09. The molecule has 7 heteroatoms. The van der Waals surface area contributed by atoms with E-state index in [0.29, 0.717) is 11.1 Å². The van der Waals surface area contributed by atoms with Crippen LogP contribution in [0.25, 0.3) is 0 Å². The van der Waals surface area contributed by atoms with Crippen molar-refractivity contribution >= 4 is 16.0 Å². The number of carbonyl (C=O) groups is 1. The molecule has 0 bridgehead atoms. The molecule has 0 heterocycles. The number of methoxy groups -OCH3 is 1. The molecule has 6 nitrogen and oxygen atoms in total. The van der Waals surface area contributed by atoms with E-state index in [-0.39, 0.29) is 17.1 Å². The molecule has 20 heavy (non-hydrogen) atoms. The molecule has 112 valence electrons. The van der Waals surface area contributed by atoms with Crippen LogP contribution in [0.2, 0.25) is 0 Å². The quantitative estimate of drug-likeness (QED) is 0.823. The van der Waals surface area contributed by atoms with E-state index in [0.717, 1.165) is 0 Å². The van der Waals surface area contributed by atoms with Gasteiger partial charge in [-0.05, 0) is 44.0 Å². The van der Waals surface area contributed by atoms with Gasteiger partial charge in [0.2, 0.25) is 10.0 Å². The van der Waals surface area contributed by atoms with E-state index in [1.807, 2.05) is 0 Å². The number of esters is 1. The molecule has 0 aliphatic heterocycles. The highest BCUT2D eigenvalue weighted by Gasteiger charge is 2.19. The molecule has 1 unspecified atom stereocenters. The number of primary sulfonamides is 1. The molecule has 1 aromatic carbocycles. The standard InChI is InChI=1S/C13H19NO5S/c1-8-5-11(20(14,16)17)6-12(10(8)3)13(15)19-9(2)7-18-4/h5-6,9H,7H2,1-4H3,(H2,14,16,17). The molecule has 0 fully saturated rings. The molecule has 0 aliphatic rings. The lowest BCUT2D eigenvalue weighted by Crippen LogP contribution is -2.21. The first kappa shape index (κ1) is 16.6. The van der Waals surface area contributed by atoms with Gasteiger partial charge in [-0.25, -0.2) is 18.4 Å². The summed E-state index contributed by atoms with van der Waals surface area (Å²) in [5.74, 6) is -0.597. The SMILES string of the molecule is COCC(C)OC(=O)c1cc(S(N)(=O)=O)cc(C)c1C. The number of carbonyl (C=O) groups excluding carboxylic acids is 1. The van der Waals surface area contributed by atoms with Crippen LogP contribution in [0, 0.1) is 13.8 Å². The number of rotatable bonds is 5. The highest BCUT2D eigenvalue weighted by Crippen LogP contribution is 2.20. The van der Waals surface area contributed by atoms with Gasteiger partial charge in [0.25, 0.3) is 0 Å². The molecule has 0 amide bonds. The third kappa shape index (κ3) is 4.03. The molecule has 2 N–H and O–H groups in total. The minimum absolute atomic E-state index is 0.105. The lowest BCUT2D eigenvalue weighted by atomic mass is 10.0. The monoisotopic (exact) mass is 301 g/mol. The molecule has 1 rings (SSSR count). The zero-order chi connectivity index (χ0) is 15.5. The molecule has 1 atom stereocenters. The maximum Gasteiger partial charge on any atom is 0.338 e. The molecule has 0 radical (unpaired) electrons. The Kier molecular flexibility index (Phi) is 5.27. The molecule has 0 aliphatic carbocycles. The van der Waals surface area contributed by atoms with Gasteiger partial charge in [-0.1, -0.05) is 0 Å². The third-order valence-corrected chi connectivity index (χ3v) is 3.79. The number of aryl methyl sites for hydroxylation is 1. The predicted octanol–water partition coefficient (Wildman–Crippen LogP) is 1.14. The Morgan fingerprint density at radius 1 is 1.35 bits per heavy atom. The Morgan fingerprint density at radius 2 is 1.95 bits per heavy atom. The minimum atomic E-state index is -3.87. The molecule has 0 aromatic heterocycles. The van der Waals surface area contributed by atoms with Gasteiger partial charge in [0.15, 0.2) is 0 Å². The first-order chi connectivity index (χ1) is 9.16. The van der Waals surface area contributed by atoms with Gasteiger partial charge in [0.1, 0.15) is 6.10 Å². The number of nitrogens with two attached hydrogens (primary N) is 1. The van der Waals surface area contributed by atoms with E-state index >= 15 is 0 Å². The Labute approximate surface area is 118 Å². The summed E-state index contributed by atoms with van der Waals surface area (Å²) in [5.41, 5.74) is 1.51. The highest BCUT2D eigenvalue weighted by molar-refractivity contribution is 7.89. The van der Waals surface area contributed by atoms with Gasteiger partial charge < -0.3 is 9.47 Å². The largest absolute Gasteiger partial charge is 0.457 e. The number of sulfonamides is 1. The van der Waals surface area contributed by atoms with Crippen LogP contribution in [-0.4, -0.2) is 34.2 Å². The molecule has 0 saturated heterocycles. The van der Waals surface area contributed by atoms with Crippen LogP contribution < -0.4 is 5.14 Å². The van der Waals surface area contributed by atoms with Crippen LogP contribution in [0.3, 0.4) is 0 Å². The maximum absolute atomic E-state index is 12.1. The fourth-order valence-electron chi connectivity index (χ4n) is 1.72. The Hall–Kier alpha value is -1.44. The number of hydrogen-bond acceptors (Lipinski definition) is 5. The number of hydrogen-bond donors (Lipinski definition) is 1. The summed E-state index contributed by atoms with van der Waals surface area (Å²) in [4.78, 5) is 12.0. The number of ether oxygens (including phenoxy) is 2. The Bertz CT molecular complexity index is 609. The zero-order valence-electron chi connectivity index (χ0n) is 12.0. The van der Waals surface area contributed by atoms with E-state index in [1.54, 1.807) is 20.8 Å². The summed E-state index contributed by atoms with van der Waals surface area (Å²) in [7, 11) is -2.37. The minimum Gasteiger partial charge on any atom is -0.457 e. The van der Waals surface area contributed by atoms with E-state index < -0.39 is 22.1 Å². The average molecular weight is 301 g/mol. The van der Waals surface area contributed by atoms with Crippen LogP contribution in [-0.2, 0) is 19.5 Å². The summed E-state index contributed by atoms with van der Waals surface area (Å²) >= 11 is 0. The molecule has 0 spiro atoms. The van der Waals surface area contributed by atoms with E-state index in [1.165, 1.54) is 19.2 Å². The van der Waals surface area contributed by atoms with Gasteiger partial charge in [-0.3, -0.25) is 0 Å². The van der Waals surface area contributed by atoms with Crippen LogP contribution >= 0.6 is 0 Å². The zero-order valence-corrected chi connectivity index (χ0v) is 12.8. The molecular weight excluding hydrogens is 282 g/mol. The van der Waals surface area contributed by atoms with Crippen LogP contribution in [0.5, 0.6) is 0 Å². The van der Waals surface area contributed by atoms with Crippen LogP contribution in [0.1, 0.15) is 28.4 Å². The molecule has 0 saturated carbocycles. The van der Waals surface area contributed by atoms with Gasteiger partial charge in [0.05, 0.1) is 17.1 Å². The van der Waals surface area contributed by atoms with Crippen molar-refractivity contribution in [1.29, 1.82) is 0 Å². The highest BCUT2D eigenvalue weighted by atomic mass is 32.2. The van der Waals surface area contributed by atoms with E-state index in [9.17, 15) is 13.2 Å². The van der Waals surface area contributed by atoms with Gasteiger partial charge in [0, 0.05) is 7.11 Å². The first-order valence-electron chi connectivity index (χ1n) is 6.00. The van der Waals surface area contributed by atoms with Crippen molar-refractivity contribution in [1.82, 2.24) is 0 Å². The molecule has 1 aromatic rings. The second kappa shape index (κ2) is 6.34. The first-order valence-corrected chi connectivity index (χ1v) is 7.55. The van der Waals surface area contributed by atoms with E-state index in [4.69, 9.17) is 14.6 Å². The third-order valence-electron chi connectivity index (χ3n) is 2.90.